The molecule has 3 aromatic rings. The Balaban J connectivity index is 1.81. The van der Waals surface area contributed by atoms with Gasteiger partial charge in [0, 0.05) is 17.1 Å². The lowest BCUT2D eigenvalue weighted by Crippen LogP contribution is -2.36. The minimum Gasteiger partial charge on any atom is -0.507 e. The number of pyridine rings is 1. The number of benzene rings is 1. The summed E-state index contributed by atoms with van der Waals surface area (Å²) in [5.41, 5.74) is 0.0361. The molecule has 6 nitrogen and oxygen atoms in total. The molecule has 0 radical (unpaired) electrons. The number of phenols is 1. The van der Waals surface area contributed by atoms with Crippen molar-refractivity contribution in [2.45, 2.75) is 50.9 Å². The van der Waals surface area contributed by atoms with Gasteiger partial charge in [-0.1, -0.05) is 12.8 Å². The maximum atomic E-state index is 13.1. The van der Waals surface area contributed by atoms with E-state index in [1.807, 2.05) is 0 Å². The smallest absolute Gasteiger partial charge is 0.416 e. The number of aromatic nitrogens is 3. The number of halogens is 3. The molecule has 0 saturated heterocycles. The van der Waals surface area contributed by atoms with Gasteiger partial charge in [0.2, 0.25) is 0 Å². The van der Waals surface area contributed by atoms with Crippen molar-refractivity contribution in [1.29, 1.82) is 0 Å². The number of fused-ring (bicyclic) bond motifs is 1. The highest BCUT2D eigenvalue weighted by Crippen LogP contribution is 2.40. The second-order valence-electron chi connectivity index (χ2n) is 7.58. The molecule has 1 saturated carbocycles. The number of nitrogens with one attached hydrogen (secondary N) is 1. The average molecular weight is 418 g/mol. The molecule has 1 aliphatic carbocycles. The van der Waals surface area contributed by atoms with Crippen LogP contribution in [0.25, 0.3) is 22.2 Å². The molecule has 4 rings (SSSR count). The molecule has 30 heavy (non-hydrogen) atoms. The molecule has 2 heterocycles. The van der Waals surface area contributed by atoms with Gasteiger partial charge in [0.1, 0.15) is 17.0 Å². The first-order chi connectivity index (χ1) is 14.3. The van der Waals surface area contributed by atoms with Crippen molar-refractivity contribution in [3.05, 3.63) is 41.6 Å². The third kappa shape index (κ3) is 3.77. The predicted molar refractivity (Wildman–Crippen MR) is 106 cm³/mol. The molecule has 1 aromatic carbocycles. The number of aliphatic hydroxyl groups excluding tert-OH is 1. The Kier molecular flexibility index (Phi) is 5.23. The van der Waals surface area contributed by atoms with Crippen LogP contribution in [0.5, 0.6) is 5.75 Å². The van der Waals surface area contributed by atoms with E-state index < -0.39 is 23.6 Å². The summed E-state index contributed by atoms with van der Waals surface area (Å²) in [4.78, 5) is 4.35. The van der Waals surface area contributed by atoms with Gasteiger partial charge < -0.3 is 15.5 Å². The van der Waals surface area contributed by atoms with E-state index in [1.165, 1.54) is 6.92 Å². The van der Waals surface area contributed by atoms with Gasteiger partial charge in [-0.3, -0.25) is 4.98 Å². The highest BCUT2D eigenvalue weighted by atomic mass is 19.4. The number of phenolic OH excluding ortho intramolecular Hbond substituents is 1. The van der Waals surface area contributed by atoms with Gasteiger partial charge in [-0.2, -0.15) is 13.2 Å². The van der Waals surface area contributed by atoms with Crippen LogP contribution in [0.4, 0.5) is 19.0 Å². The number of hydrogen-bond donors (Lipinski definition) is 3. The Labute approximate surface area is 170 Å². The monoisotopic (exact) mass is 418 g/mol. The zero-order valence-electron chi connectivity index (χ0n) is 16.2. The lowest BCUT2D eigenvalue weighted by molar-refractivity contribution is -0.137. The number of aryl methyl sites for hydroxylation is 1. The number of aromatic hydroxyl groups is 1. The van der Waals surface area contributed by atoms with Crippen LogP contribution < -0.4 is 5.32 Å². The Morgan fingerprint density at radius 2 is 1.90 bits per heavy atom. The van der Waals surface area contributed by atoms with Gasteiger partial charge >= 0.3 is 6.18 Å². The van der Waals surface area contributed by atoms with E-state index in [9.17, 15) is 23.4 Å². The molecular formula is C21H21F3N4O2. The Hall–Kier alpha value is -2.94. The molecule has 9 heteroatoms. The summed E-state index contributed by atoms with van der Waals surface area (Å²) in [6.45, 7) is 1.48. The van der Waals surface area contributed by atoms with Crippen molar-refractivity contribution in [3.8, 4) is 17.0 Å². The third-order valence-corrected chi connectivity index (χ3v) is 5.47. The van der Waals surface area contributed by atoms with Gasteiger partial charge in [-0.15, -0.1) is 10.2 Å². The summed E-state index contributed by atoms with van der Waals surface area (Å²) < 4.78 is 39.2. The van der Waals surface area contributed by atoms with E-state index in [0.717, 1.165) is 25.3 Å². The van der Waals surface area contributed by atoms with Gasteiger partial charge in [0.15, 0.2) is 5.82 Å². The first kappa shape index (κ1) is 20.3. The zero-order chi connectivity index (χ0) is 21.5. The summed E-state index contributed by atoms with van der Waals surface area (Å²) in [6.07, 6.45) is -0.0465. The van der Waals surface area contributed by atoms with Gasteiger partial charge in [0.05, 0.1) is 17.7 Å². The van der Waals surface area contributed by atoms with E-state index in [1.54, 1.807) is 18.3 Å². The van der Waals surface area contributed by atoms with Crippen molar-refractivity contribution in [2.75, 3.05) is 5.32 Å². The second-order valence-corrected chi connectivity index (χ2v) is 7.58. The highest BCUT2D eigenvalue weighted by molar-refractivity contribution is 5.98. The highest BCUT2D eigenvalue weighted by Gasteiger charge is 2.32. The van der Waals surface area contributed by atoms with Crippen LogP contribution >= 0.6 is 0 Å². The standard InChI is InChI=1S/C21H21F3N4O2/c1-11-9-12(21(22,23)24)10-16(30)17(11)19-18-13(5-4-8-25-18)20(28-27-19)26-14-6-2-3-7-15(14)29/h4-5,8-10,14-15,29-30H,2-3,6-7H2,1H3,(H,26,28). The maximum absolute atomic E-state index is 13.1. The first-order valence-electron chi connectivity index (χ1n) is 9.73. The normalized spacial score (nSPS) is 19.8. The number of rotatable bonds is 3. The average Bonchev–Trinajstić information content (AvgIpc) is 2.70. The van der Waals surface area contributed by atoms with Gasteiger partial charge in [-0.25, -0.2) is 0 Å². The van der Waals surface area contributed by atoms with E-state index in [4.69, 9.17) is 0 Å². The quantitative estimate of drug-likeness (QED) is 0.583. The summed E-state index contributed by atoms with van der Waals surface area (Å²) in [5, 5.41) is 32.9. The molecule has 2 aromatic heterocycles. The van der Waals surface area contributed by atoms with E-state index in [0.29, 0.717) is 29.2 Å². The number of nitrogens with zero attached hydrogens (tertiary/aromatic N) is 3. The van der Waals surface area contributed by atoms with Crippen molar-refractivity contribution in [1.82, 2.24) is 15.2 Å². The fraction of sp³-hybridized carbons (Fsp3) is 0.381. The molecule has 0 bridgehead atoms. The van der Waals surface area contributed by atoms with Crippen LogP contribution in [0.1, 0.15) is 36.8 Å². The zero-order valence-corrected chi connectivity index (χ0v) is 16.2. The molecule has 1 fully saturated rings. The Morgan fingerprint density at radius 1 is 1.13 bits per heavy atom. The number of anilines is 1. The Morgan fingerprint density at radius 3 is 2.60 bits per heavy atom. The minimum atomic E-state index is -4.57. The van der Waals surface area contributed by atoms with Gasteiger partial charge in [0.25, 0.3) is 0 Å². The van der Waals surface area contributed by atoms with Crippen LogP contribution in [-0.2, 0) is 6.18 Å². The summed E-state index contributed by atoms with van der Waals surface area (Å²) in [6, 6.07) is 4.98. The number of hydrogen-bond acceptors (Lipinski definition) is 6. The molecule has 2 unspecified atom stereocenters. The molecule has 0 amide bonds. The SMILES string of the molecule is Cc1cc(C(F)(F)F)cc(O)c1-c1nnc(NC2CCCCC2O)c2cccnc12. The molecule has 3 N–H and O–H groups in total. The third-order valence-electron chi connectivity index (χ3n) is 5.47. The number of aliphatic hydroxyl groups is 1. The fourth-order valence-corrected chi connectivity index (χ4v) is 3.96. The lowest BCUT2D eigenvalue weighted by Gasteiger charge is -2.29. The van der Waals surface area contributed by atoms with Crippen LogP contribution in [0.15, 0.2) is 30.5 Å². The summed E-state index contributed by atoms with van der Waals surface area (Å²) in [5.74, 6) is -0.0937. The van der Waals surface area contributed by atoms with Crippen LogP contribution in [-0.4, -0.2) is 37.5 Å². The first-order valence-corrected chi connectivity index (χ1v) is 9.73. The number of alkyl halides is 3. The van der Waals surface area contributed by atoms with Crippen LogP contribution in [0.3, 0.4) is 0 Å². The van der Waals surface area contributed by atoms with E-state index in [-0.39, 0.29) is 22.9 Å². The molecule has 158 valence electrons. The van der Waals surface area contributed by atoms with Crippen LogP contribution in [0, 0.1) is 6.92 Å². The molecule has 1 aliphatic rings. The molecule has 2 atom stereocenters. The van der Waals surface area contributed by atoms with Crippen molar-refractivity contribution < 1.29 is 23.4 Å². The predicted octanol–water partition coefficient (Wildman–Crippen LogP) is 4.44. The molecular weight excluding hydrogens is 397 g/mol. The van der Waals surface area contributed by atoms with E-state index in [2.05, 4.69) is 20.5 Å². The summed E-state index contributed by atoms with van der Waals surface area (Å²) in [7, 11) is 0. The second kappa shape index (κ2) is 7.71. The van der Waals surface area contributed by atoms with Crippen molar-refractivity contribution in [3.63, 3.8) is 0 Å². The fourth-order valence-electron chi connectivity index (χ4n) is 3.96. The van der Waals surface area contributed by atoms with Crippen molar-refractivity contribution in [2.24, 2.45) is 0 Å². The molecule has 0 spiro atoms. The largest absolute Gasteiger partial charge is 0.507 e. The lowest BCUT2D eigenvalue weighted by atomic mass is 9.92. The van der Waals surface area contributed by atoms with Crippen LogP contribution in [0.2, 0.25) is 0 Å². The maximum Gasteiger partial charge on any atom is 0.416 e. The molecule has 0 aliphatic heterocycles. The summed E-state index contributed by atoms with van der Waals surface area (Å²) >= 11 is 0. The Bertz CT molecular complexity index is 1060. The van der Waals surface area contributed by atoms with E-state index >= 15 is 0 Å². The topological polar surface area (TPSA) is 91.2 Å². The minimum absolute atomic E-state index is 0.156. The van der Waals surface area contributed by atoms with Crippen molar-refractivity contribution >= 4 is 16.7 Å². The van der Waals surface area contributed by atoms with Gasteiger partial charge in [-0.05, 0) is 49.6 Å².